The van der Waals surface area contributed by atoms with Crippen molar-refractivity contribution in [3.63, 3.8) is 0 Å². The number of benzene rings is 2. The van der Waals surface area contributed by atoms with Crippen molar-refractivity contribution in [3.05, 3.63) is 81.1 Å². The van der Waals surface area contributed by atoms with Crippen molar-refractivity contribution >= 4 is 28.6 Å². The lowest BCUT2D eigenvalue weighted by Crippen LogP contribution is -2.30. The van der Waals surface area contributed by atoms with Gasteiger partial charge in [-0.15, -0.1) is 0 Å². The van der Waals surface area contributed by atoms with Crippen molar-refractivity contribution in [3.8, 4) is 16.9 Å². The number of aromatic amines is 1. The maximum absolute atomic E-state index is 15.0. The van der Waals surface area contributed by atoms with Gasteiger partial charge in [0.25, 0.3) is 0 Å². The lowest BCUT2D eigenvalue weighted by atomic mass is 10.0. The highest BCUT2D eigenvalue weighted by Gasteiger charge is 2.15. The maximum Gasteiger partial charge on any atom is 0.354 e. The molecule has 2 aromatic heterocycles. The Balaban J connectivity index is 1.49. The second-order valence-electron chi connectivity index (χ2n) is 10.3. The van der Waals surface area contributed by atoms with Crippen molar-refractivity contribution < 1.29 is 4.39 Å². The van der Waals surface area contributed by atoms with Gasteiger partial charge in [0.15, 0.2) is 11.8 Å². The SMILES string of the molecule is C[C@H](N)CCCc1cc(Cl)c(F)c(-c2cc3cn(-c4ccc(CNCC[C@H](CN)N=C(N)N)cc4)c(=O)nc3[nH]2)c1. The highest BCUT2D eigenvalue weighted by molar-refractivity contribution is 6.31. The Bertz CT molecular complexity index is 1560. The Labute approximate surface area is 243 Å². The molecule has 10 N–H and O–H groups in total. The van der Waals surface area contributed by atoms with E-state index < -0.39 is 11.5 Å². The van der Waals surface area contributed by atoms with Gasteiger partial charge in [0.05, 0.1) is 22.4 Å². The molecule has 0 radical (unpaired) electrons. The van der Waals surface area contributed by atoms with E-state index in [4.69, 9.17) is 34.5 Å². The van der Waals surface area contributed by atoms with E-state index in [2.05, 4.69) is 20.3 Å². The number of aliphatic imine (C=N–C) groups is 1. The van der Waals surface area contributed by atoms with Crippen LogP contribution in [0.3, 0.4) is 0 Å². The summed E-state index contributed by atoms with van der Waals surface area (Å²) in [6, 6.07) is 12.8. The van der Waals surface area contributed by atoms with E-state index in [1.54, 1.807) is 24.4 Å². The fraction of sp³-hybridized carbons (Fsp3) is 0.345. The summed E-state index contributed by atoms with van der Waals surface area (Å²) < 4.78 is 16.5. The van der Waals surface area contributed by atoms with Crippen LogP contribution in [-0.4, -0.2) is 45.7 Å². The number of aromatic nitrogens is 3. The van der Waals surface area contributed by atoms with Crippen LogP contribution in [-0.2, 0) is 13.0 Å². The molecule has 0 saturated heterocycles. The zero-order chi connectivity index (χ0) is 29.5. The van der Waals surface area contributed by atoms with Crippen molar-refractivity contribution in [2.45, 2.75) is 51.2 Å². The minimum absolute atomic E-state index is 0.0318. The number of hydrogen-bond donors (Lipinski definition) is 6. The van der Waals surface area contributed by atoms with Gasteiger partial charge in [-0.1, -0.05) is 23.7 Å². The third-order valence-electron chi connectivity index (χ3n) is 6.81. The monoisotopic (exact) mass is 581 g/mol. The predicted molar refractivity (Wildman–Crippen MR) is 164 cm³/mol. The van der Waals surface area contributed by atoms with Crippen LogP contribution in [0.2, 0.25) is 5.02 Å². The number of guanidine groups is 1. The van der Waals surface area contributed by atoms with Crippen LogP contribution < -0.4 is 33.9 Å². The maximum atomic E-state index is 15.0. The van der Waals surface area contributed by atoms with E-state index in [1.165, 1.54) is 4.57 Å². The molecule has 0 fully saturated rings. The molecule has 2 heterocycles. The fourth-order valence-electron chi connectivity index (χ4n) is 4.66. The van der Waals surface area contributed by atoms with Crippen LogP contribution in [0.15, 0.2) is 58.4 Å². The van der Waals surface area contributed by atoms with Crippen LogP contribution >= 0.6 is 11.6 Å². The molecule has 2 aromatic carbocycles. The first-order valence-corrected chi connectivity index (χ1v) is 14.0. The molecule has 0 bridgehead atoms. The molecule has 218 valence electrons. The highest BCUT2D eigenvalue weighted by atomic mass is 35.5. The van der Waals surface area contributed by atoms with Crippen LogP contribution in [0.4, 0.5) is 4.39 Å². The smallest absolute Gasteiger partial charge is 0.354 e. The average Bonchev–Trinajstić information content (AvgIpc) is 3.34. The third-order valence-corrected chi connectivity index (χ3v) is 7.09. The highest BCUT2D eigenvalue weighted by Crippen LogP contribution is 2.31. The molecule has 2 atom stereocenters. The first-order chi connectivity index (χ1) is 19.6. The molecule has 12 heteroatoms. The number of fused-ring (bicyclic) bond motifs is 1. The minimum Gasteiger partial charge on any atom is -0.370 e. The Morgan fingerprint density at radius 3 is 2.61 bits per heavy atom. The van der Waals surface area contributed by atoms with Gasteiger partial charge in [0.1, 0.15) is 5.65 Å². The molecule has 10 nitrogen and oxygen atoms in total. The molecule has 0 saturated carbocycles. The van der Waals surface area contributed by atoms with E-state index in [9.17, 15) is 4.79 Å². The van der Waals surface area contributed by atoms with Crippen molar-refractivity contribution in [2.75, 3.05) is 13.1 Å². The normalized spacial score (nSPS) is 12.9. The molecule has 0 aliphatic rings. The minimum atomic E-state index is -0.525. The van der Waals surface area contributed by atoms with E-state index in [-0.39, 0.29) is 23.1 Å². The Morgan fingerprint density at radius 2 is 1.93 bits per heavy atom. The lowest BCUT2D eigenvalue weighted by Gasteiger charge is -2.11. The molecule has 0 spiro atoms. The molecule has 0 amide bonds. The van der Waals surface area contributed by atoms with Gasteiger partial charge in [-0.3, -0.25) is 4.57 Å². The Kier molecular flexibility index (Phi) is 10.1. The van der Waals surface area contributed by atoms with Crippen molar-refractivity contribution in [1.82, 2.24) is 19.9 Å². The van der Waals surface area contributed by atoms with E-state index in [0.717, 1.165) is 30.4 Å². The molecular formula is C29H37ClFN9O. The average molecular weight is 582 g/mol. The van der Waals surface area contributed by atoms with Crippen molar-refractivity contribution in [2.24, 2.45) is 27.9 Å². The number of H-pyrrole nitrogens is 1. The summed E-state index contributed by atoms with van der Waals surface area (Å²) in [4.78, 5) is 24.2. The van der Waals surface area contributed by atoms with E-state index in [1.807, 2.05) is 31.2 Å². The zero-order valence-corrected chi connectivity index (χ0v) is 23.8. The number of nitrogens with two attached hydrogens (primary N) is 4. The number of nitrogens with zero attached hydrogens (tertiary/aromatic N) is 3. The van der Waals surface area contributed by atoms with E-state index >= 15 is 4.39 Å². The summed E-state index contributed by atoms with van der Waals surface area (Å²) in [7, 11) is 0. The van der Waals surface area contributed by atoms with Crippen LogP contribution in [0.5, 0.6) is 0 Å². The standard InChI is InChI=1S/C29H37ClFN9O/c1-17(33)3-2-4-19-11-23(26(31)24(30)12-19)25-13-20-16-40(29(41)39-27(20)38-25)22-7-5-18(6-8-22)15-36-10-9-21(14-32)37-28(34)35/h5-8,11-13,16-17,21,36H,2-4,9-10,14-15,32-33H2,1H3,(H4,34,35,37)(H,38,39,41)/t17-,21+/m0/s1. The fourth-order valence-corrected chi connectivity index (χ4v) is 4.90. The number of aryl methyl sites for hydroxylation is 1. The lowest BCUT2D eigenvalue weighted by molar-refractivity contribution is 0.567. The largest absolute Gasteiger partial charge is 0.370 e. The number of nitrogens with one attached hydrogen (secondary N) is 2. The summed E-state index contributed by atoms with van der Waals surface area (Å²) in [5.41, 5.74) is 25.8. The Morgan fingerprint density at radius 1 is 1.17 bits per heavy atom. The topological polar surface area (TPSA) is 179 Å². The van der Waals surface area contributed by atoms with Gasteiger partial charge in [-0.2, -0.15) is 4.98 Å². The van der Waals surface area contributed by atoms with Crippen LogP contribution in [0.1, 0.15) is 37.3 Å². The molecule has 4 rings (SSSR count). The molecule has 4 aromatic rings. The Hall–Kier alpha value is -3.77. The first-order valence-electron chi connectivity index (χ1n) is 13.6. The first kappa shape index (κ1) is 30.2. The molecule has 0 unspecified atom stereocenters. The number of rotatable bonds is 13. The van der Waals surface area contributed by atoms with Gasteiger partial charge in [0.2, 0.25) is 0 Å². The summed E-state index contributed by atoms with van der Waals surface area (Å²) in [5.74, 6) is -0.493. The molecular weight excluding hydrogens is 545 g/mol. The number of hydrogen-bond acceptors (Lipinski definition) is 6. The third kappa shape index (κ3) is 7.92. The second-order valence-corrected chi connectivity index (χ2v) is 10.7. The van der Waals surface area contributed by atoms with Gasteiger partial charge in [-0.25, -0.2) is 14.2 Å². The predicted octanol–water partition coefficient (Wildman–Crippen LogP) is 2.92. The van der Waals surface area contributed by atoms with Gasteiger partial charge in [0, 0.05) is 36.3 Å². The zero-order valence-electron chi connectivity index (χ0n) is 23.0. The second kappa shape index (κ2) is 13.7. The summed E-state index contributed by atoms with van der Waals surface area (Å²) in [6.45, 7) is 3.65. The van der Waals surface area contributed by atoms with E-state index in [0.29, 0.717) is 54.0 Å². The number of halogens is 2. The molecule has 0 aliphatic heterocycles. The summed E-state index contributed by atoms with van der Waals surface area (Å²) >= 11 is 6.22. The molecule has 0 aliphatic carbocycles. The summed E-state index contributed by atoms with van der Waals surface area (Å²) in [5, 5.41) is 4.06. The van der Waals surface area contributed by atoms with Crippen LogP contribution in [0, 0.1) is 5.82 Å². The molecule has 41 heavy (non-hydrogen) atoms. The quantitative estimate of drug-likeness (QED) is 0.0797. The van der Waals surface area contributed by atoms with Gasteiger partial charge in [-0.05, 0) is 80.6 Å². The van der Waals surface area contributed by atoms with Crippen LogP contribution in [0.25, 0.3) is 28.0 Å². The summed E-state index contributed by atoms with van der Waals surface area (Å²) in [6.07, 6.45) is 4.87. The van der Waals surface area contributed by atoms with Gasteiger partial charge >= 0.3 is 5.69 Å². The van der Waals surface area contributed by atoms with Gasteiger partial charge < -0.3 is 33.2 Å². The van der Waals surface area contributed by atoms with Crippen molar-refractivity contribution in [1.29, 1.82) is 0 Å².